The van der Waals surface area contributed by atoms with Crippen LogP contribution in [0.3, 0.4) is 0 Å². The molecule has 0 radical (unpaired) electrons. The molecule has 116 valence electrons. The van der Waals surface area contributed by atoms with Gasteiger partial charge in [-0.15, -0.1) is 0 Å². The van der Waals surface area contributed by atoms with Crippen molar-refractivity contribution in [1.29, 1.82) is 0 Å². The molecule has 2 heterocycles. The molecular formula is C12H14ClF3N4O. The van der Waals surface area contributed by atoms with E-state index in [4.69, 9.17) is 17.3 Å². The Morgan fingerprint density at radius 1 is 1.43 bits per heavy atom. The van der Waals surface area contributed by atoms with Crippen LogP contribution in [0.4, 0.5) is 19.0 Å². The van der Waals surface area contributed by atoms with Crippen LogP contribution in [-0.4, -0.2) is 28.5 Å². The first-order chi connectivity index (χ1) is 9.68. The number of carbonyl (C=O) groups is 1. The van der Waals surface area contributed by atoms with E-state index >= 15 is 0 Å². The molecule has 2 N–H and O–H groups in total. The average molecular weight is 323 g/mol. The van der Waals surface area contributed by atoms with Gasteiger partial charge in [0.1, 0.15) is 11.0 Å². The lowest BCUT2D eigenvalue weighted by Crippen LogP contribution is -2.46. The third-order valence-corrected chi connectivity index (χ3v) is 3.71. The van der Waals surface area contributed by atoms with Gasteiger partial charge in [0.05, 0.1) is 5.92 Å². The first-order valence-electron chi connectivity index (χ1n) is 6.36. The second kappa shape index (κ2) is 5.67. The van der Waals surface area contributed by atoms with E-state index in [2.05, 4.69) is 9.97 Å². The third-order valence-electron chi connectivity index (χ3n) is 3.51. The summed E-state index contributed by atoms with van der Waals surface area (Å²) in [5.74, 6) is -2.12. The molecule has 5 nitrogen and oxygen atoms in total. The summed E-state index contributed by atoms with van der Waals surface area (Å²) in [6, 6.07) is 1.20. The Morgan fingerprint density at radius 2 is 2.10 bits per heavy atom. The molecule has 1 saturated heterocycles. The molecule has 2 atom stereocenters. The van der Waals surface area contributed by atoms with E-state index in [9.17, 15) is 18.0 Å². The number of amides is 1. The maximum atomic E-state index is 12.7. The largest absolute Gasteiger partial charge is 0.451 e. The number of nitrogens with zero attached hydrogens (tertiary/aromatic N) is 3. The maximum Gasteiger partial charge on any atom is 0.451 e. The fourth-order valence-corrected chi connectivity index (χ4v) is 2.52. The maximum absolute atomic E-state index is 12.7. The van der Waals surface area contributed by atoms with Gasteiger partial charge in [-0.25, -0.2) is 9.97 Å². The Morgan fingerprint density at radius 3 is 2.67 bits per heavy atom. The molecule has 1 aromatic rings. The summed E-state index contributed by atoms with van der Waals surface area (Å²) >= 11 is 5.65. The standard InChI is InChI=1S/C12H14ClF3N4O/c1-6-2-3-7(10(17)21)5-20(6)9-4-8(13)18-11(19-9)12(14,15)16/h4,6-7H,2-3,5H2,1H3,(H2,17,21). The molecule has 0 bridgehead atoms. The Labute approximate surface area is 124 Å². The molecule has 1 aliphatic rings. The number of halogens is 4. The number of hydrogen-bond acceptors (Lipinski definition) is 4. The lowest BCUT2D eigenvalue weighted by Gasteiger charge is -2.37. The second-order valence-electron chi connectivity index (χ2n) is 5.05. The first-order valence-corrected chi connectivity index (χ1v) is 6.74. The van der Waals surface area contributed by atoms with E-state index in [0.29, 0.717) is 12.8 Å². The van der Waals surface area contributed by atoms with Crippen molar-refractivity contribution >= 4 is 23.3 Å². The summed E-state index contributed by atoms with van der Waals surface area (Å²) < 4.78 is 38.2. The number of alkyl halides is 3. The SMILES string of the molecule is CC1CCC(C(N)=O)CN1c1cc(Cl)nc(C(F)(F)F)n1. The van der Waals surface area contributed by atoms with Crippen LogP contribution in [0.1, 0.15) is 25.6 Å². The summed E-state index contributed by atoms with van der Waals surface area (Å²) in [6.45, 7) is 2.07. The molecule has 0 aliphatic carbocycles. The Hall–Kier alpha value is -1.57. The van der Waals surface area contributed by atoms with Gasteiger partial charge in [-0.05, 0) is 19.8 Å². The van der Waals surface area contributed by atoms with Crippen molar-refractivity contribution in [3.63, 3.8) is 0 Å². The fourth-order valence-electron chi connectivity index (χ4n) is 2.34. The third kappa shape index (κ3) is 3.55. The van der Waals surface area contributed by atoms with Crippen LogP contribution in [0, 0.1) is 5.92 Å². The number of piperidine rings is 1. The molecule has 1 aliphatic heterocycles. The Kier molecular flexibility index (Phi) is 4.27. The van der Waals surface area contributed by atoms with E-state index in [-0.39, 0.29) is 23.6 Å². The topological polar surface area (TPSA) is 72.1 Å². The normalized spacial score (nSPS) is 23.2. The molecule has 0 saturated carbocycles. The number of primary amides is 1. The van der Waals surface area contributed by atoms with Crippen molar-refractivity contribution < 1.29 is 18.0 Å². The molecule has 2 unspecified atom stereocenters. The first kappa shape index (κ1) is 15.8. The van der Waals surface area contributed by atoms with Crippen LogP contribution >= 0.6 is 11.6 Å². The van der Waals surface area contributed by atoms with Crippen molar-refractivity contribution in [2.24, 2.45) is 11.7 Å². The highest BCUT2D eigenvalue weighted by molar-refractivity contribution is 6.29. The van der Waals surface area contributed by atoms with E-state index in [0.717, 1.165) is 0 Å². The zero-order chi connectivity index (χ0) is 15.8. The van der Waals surface area contributed by atoms with Crippen molar-refractivity contribution in [3.8, 4) is 0 Å². The van der Waals surface area contributed by atoms with Crippen molar-refractivity contribution in [2.45, 2.75) is 32.0 Å². The van der Waals surface area contributed by atoms with Crippen LogP contribution in [0.5, 0.6) is 0 Å². The summed E-state index contributed by atoms with van der Waals surface area (Å²) in [4.78, 5) is 19.6. The smallest absolute Gasteiger partial charge is 0.369 e. The van der Waals surface area contributed by atoms with Gasteiger partial charge in [0.25, 0.3) is 0 Å². The summed E-state index contributed by atoms with van der Waals surface area (Å²) in [5.41, 5.74) is 5.28. The molecule has 1 fully saturated rings. The van der Waals surface area contributed by atoms with Crippen LogP contribution in [0.15, 0.2) is 6.07 Å². The highest BCUT2D eigenvalue weighted by Gasteiger charge is 2.37. The number of nitrogens with two attached hydrogens (primary N) is 1. The molecule has 21 heavy (non-hydrogen) atoms. The van der Waals surface area contributed by atoms with Gasteiger partial charge in [0, 0.05) is 18.7 Å². The highest BCUT2D eigenvalue weighted by Crippen LogP contribution is 2.32. The van der Waals surface area contributed by atoms with Crippen molar-refractivity contribution in [1.82, 2.24) is 9.97 Å². The van der Waals surface area contributed by atoms with Gasteiger partial charge in [0.2, 0.25) is 11.7 Å². The average Bonchev–Trinajstić information content (AvgIpc) is 2.37. The number of rotatable bonds is 2. The minimum Gasteiger partial charge on any atom is -0.369 e. The fraction of sp³-hybridized carbons (Fsp3) is 0.583. The monoisotopic (exact) mass is 322 g/mol. The van der Waals surface area contributed by atoms with Gasteiger partial charge in [-0.2, -0.15) is 13.2 Å². The molecule has 9 heteroatoms. The predicted octanol–water partition coefficient (Wildman–Crippen LogP) is 2.24. The molecule has 0 aromatic carbocycles. The van der Waals surface area contributed by atoms with E-state index in [1.54, 1.807) is 4.90 Å². The summed E-state index contributed by atoms with van der Waals surface area (Å²) in [6.07, 6.45) is -3.43. The zero-order valence-electron chi connectivity index (χ0n) is 11.2. The number of aromatic nitrogens is 2. The highest BCUT2D eigenvalue weighted by atomic mass is 35.5. The van der Waals surface area contributed by atoms with E-state index in [1.165, 1.54) is 6.07 Å². The minimum absolute atomic E-state index is 0.0563. The van der Waals surface area contributed by atoms with Crippen molar-refractivity contribution in [2.75, 3.05) is 11.4 Å². The van der Waals surface area contributed by atoms with Gasteiger partial charge < -0.3 is 10.6 Å². The number of anilines is 1. The molecule has 1 aromatic heterocycles. The van der Waals surface area contributed by atoms with Gasteiger partial charge in [-0.3, -0.25) is 4.79 Å². The quantitative estimate of drug-likeness (QED) is 0.848. The van der Waals surface area contributed by atoms with Crippen molar-refractivity contribution in [3.05, 3.63) is 17.0 Å². The molecule has 1 amide bonds. The van der Waals surface area contributed by atoms with Crippen LogP contribution < -0.4 is 10.6 Å². The number of carbonyl (C=O) groups excluding carboxylic acids is 1. The van der Waals surface area contributed by atoms with Gasteiger partial charge >= 0.3 is 6.18 Å². The van der Waals surface area contributed by atoms with E-state index in [1.807, 2.05) is 6.92 Å². The molecular weight excluding hydrogens is 309 g/mol. The summed E-state index contributed by atoms with van der Waals surface area (Å²) in [5, 5.41) is -0.291. The van der Waals surface area contributed by atoms with Crippen LogP contribution in [0.25, 0.3) is 0 Å². The zero-order valence-corrected chi connectivity index (χ0v) is 11.9. The predicted molar refractivity (Wildman–Crippen MR) is 70.8 cm³/mol. The molecule has 2 rings (SSSR count). The van der Waals surface area contributed by atoms with E-state index < -0.39 is 23.8 Å². The lowest BCUT2D eigenvalue weighted by molar-refractivity contribution is -0.144. The number of hydrogen-bond donors (Lipinski definition) is 1. The Bertz CT molecular complexity index is 552. The molecule has 0 spiro atoms. The van der Waals surface area contributed by atoms with Crippen LogP contribution in [-0.2, 0) is 11.0 Å². The minimum atomic E-state index is -4.68. The summed E-state index contributed by atoms with van der Waals surface area (Å²) in [7, 11) is 0. The second-order valence-corrected chi connectivity index (χ2v) is 5.44. The lowest BCUT2D eigenvalue weighted by atomic mass is 9.93. The van der Waals surface area contributed by atoms with Gasteiger partial charge in [-0.1, -0.05) is 11.6 Å². The Balaban J connectivity index is 2.35. The van der Waals surface area contributed by atoms with Gasteiger partial charge in [0.15, 0.2) is 0 Å². The van der Waals surface area contributed by atoms with Crippen LogP contribution in [0.2, 0.25) is 5.15 Å².